The number of aromatic nitrogens is 3. The minimum Gasteiger partial charge on any atom is -0.297 e. The molecule has 2 unspecified atom stereocenters. The SMILES string of the molecule is Cc1nc(-c2cccnc2)sc1-c1ccc2c(n1)C(=CC1CN1C)CCC2. The normalized spacial score (nSPS) is 22.7. The summed E-state index contributed by atoms with van der Waals surface area (Å²) in [5, 5.41) is 1.01. The molecule has 0 amide bonds. The van der Waals surface area contributed by atoms with Gasteiger partial charge in [-0.15, -0.1) is 11.3 Å². The molecule has 1 aliphatic carbocycles. The number of aryl methyl sites for hydroxylation is 2. The third-order valence-electron chi connectivity index (χ3n) is 5.41. The van der Waals surface area contributed by atoms with Crippen molar-refractivity contribution in [3.8, 4) is 21.1 Å². The van der Waals surface area contributed by atoms with Crippen LogP contribution in [-0.4, -0.2) is 39.5 Å². The van der Waals surface area contributed by atoms with E-state index in [4.69, 9.17) is 9.97 Å². The second kappa shape index (κ2) is 6.66. The van der Waals surface area contributed by atoms with Crippen molar-refractivity contribution in [1.29, 1.82) is 0 Å². The van der Waals surface area contributed by atoms with Crippen LogP contribution in [0, 0.1) is 6.92 Å². The van der Waals surface area contributed by atoms with Crippen molar-refractivity contribution in [2.75, 3.05) is 13.6 Å². The van der Waals surface area contributed by atoms with E-state index in [1.54, 1.807) is 17.5 Å². The molecule has 4 nitrogen and oxygen atoms in total. The molecule has 0 N–H and O–H groups in total. The van der Waals surface area contributed by atoms with Crippen molar-refractivity contribution in [3.63, 3.8) is 0 Å². The van der Waals surface area contributed by atoms with Gasteiger partial charge in [0, 0.05) is 30.5 Å². The molecule has 3 aromatic heterocycles. The molecule has 1 saturated heterocycles. The Morgan fingerprint density at radius 3 is 2.85 bits per heavy atom. The number of hydrogen-bond donors (Lipinski definition) is 0. The van der Waals surface area contributed by atoms with Crippen molar-refractivity contribution in [1.82, 2.24) is 19.9 Å². The molecule has 2 atom stereocenters. The second-order valence-electron chi connectivity index (χ2n) is 7.43. The summed E-state index contributed by atoms with van der Waals surface area (Å²) in [6.07, 6.45) is 9.58. The van der Waals surface area contributed by atoms with E-state index in [9.17, 15) is 0 Å². The van der Waals surface area contributed by atoms with E-state index in [0.29, 0.717) is 6.04 Å². The fourth-order valence-electron chi connectivity index (χ4n) is 3.75. The van der Waals surface area contributed by atoms with Gasteiger partial charge in [0.15, 0.2) is 0 Å². The van der Waals surface area contributed by atoms with E-state index >= 15 is 0 Å². The first-order chi connectivity index (χ1) is 13.2. The van der Waals surface area contributed by atoms with Gasteiger partial charge in [-0.3, -0.25) is 9.88 Å². The van der Waals surface area contributed by atoms with Crippen molar-refractivity contribution < 1.29 is 0 Å². The van der Waals surface area contributed by atoms with Gasteiger partial charge in [-0.2, -0.15) is 0 Å². The van der Waals surface area contributed by atoms with Gasteiger partial charge in [-0.25, -0.2) is 9.97 Å². The zero-order valence-corrected chi connectivity index (χ0v) is 16.5. The standard InChI is InChI=1S/C22H22N4S/c1-14-21(27-22(24-14)17-7-4-10-23-12-17)19-9-8-15-5-3-6-16(20(15)25-19)11-18-13-26(18)2/h4,7-12,18H,3,5-6,13H2,1-2H3. The van der Waals surface area contributed by atoms with Crippen molar-refractivity contribution in [2.24, 2.45) is 0 Å². The van der Waals surface area contributed by atoms with E-state index in [0.717, 1.165) is 39.7 Å². The maximum Gasteiger partial charge on any atom is 0.125 e. The maximum absolute atomic E-state index is 5.11. The van der Waals surface area contributed by atoms with E-state index in [2.05, 4.69) is 48.1 Å². The molecule has 5 heteroatoms. The molecule has 0 spiro atoms. The molecule has 1 aliphatic heterocycles. The summed E-state index contributed by atoms with van der Waals surface area (Å²) in [6, 6.07) is 9.04. The highest BCUT2D eigenvalue weighted by Crippen LogP contribution is 2.37. The Balaban J connectivity index is 1.54. The quantitative estimate of drug-likeness (QED) is 0.628. The molecular formula is C22H22N4S. The Kier molecular flexibility index (Phi) is 4.14. The van der Waals surface area contributed by atoms with E-state index in [1.807, 2.05) is 12.3 Å². The average Bonchev–Trinajstić information content (AvgIpc) is 3.24. The van der Waals surface area contributed by atoms with E-state index in [-0.39, 0.29) is 0 Å². The molecule has 0 radical (unpaired) electrons. The molecule has 1 fully saturated rings. The van der Waals surface area contributed by atoms with Gasteiger partial charge >= 0.3 is 0 Å². The fourth-order valence-corrected chi connectivity index (χ4v) is 4.78. The predicted molar refractivity (Wildman–Crippen MR) is 111 cm³/mol. The first-order valence-corrected chi connectivity index (χ1v) is 10.3. The number of likely N-dealkylation sites (N-methyl/N-ethyl adjacent to an activating group) is 1. The molecule has 136 valence electrons. The van der Waals surface area contributed by atoms with Crippen molar-refractivity contribution in [3.05, 3.63) is 59.7 Å². The zero-order valence-electron chi connectivity index (χ0n) is 15.6. The minimum absolute atomic E-state index is 0.596. The largest absolute Gasteiger partial charge is 0.297 e. The maximum atomic E-state index is 5.11. The lowest BCUT2D eigenvalue weighted by Crippen LogP contribution is -2.06. The number of nitrogens with zero attached hydrogens (tertiary/aromatic N) is 4. The van der Waals surface area contributed by atoms with Gasteiger partial charge in [-0.1, -0.05) is 12.1 Å². The topological polar surface area (TPSA) is 41.7 Å². The van der Waals surface area contributed by atoms with Gasteiger partial charge in [0.1, 0.15) is 5.01 Å². The third-order valence-corrected chi connectivity index (χ3v) is 6.64. The van der Waals surface area contributed by atoms with Gasteiger partial charge in [0.2, 0.25) is 0 Å². The summed E-state index contributed by atoms with van der Waals surface area (Å²) in [4.78, 5) is 17.6. The highest BCUT2D eigenvalue weighted by molar-refractivity contribution is 7.18. The Bertz CT molecular complexity index is 1020. The van der Waals surface area contributed by atoms with Gasteiger partial charge in [-0.05, 0) is 62.6 Å². The molecule has 0 aromatic carbocycles. The molecule has 0 saturated carbocycles. The van der Waals surface area contributed by atoms with Crippen LogP contribution in [0.1, 0.15) is 29.8 Å². The molecule has 4 heterocycles. The Hall–Kier alpha value is -2.37. The molecule has 0 bridgehead atoms. The average molecular weight is 375 g/mol. The third kappa shape index (κ3) is 3.22. The second-order valence-corrected chi connectivity index (χ2v) is 8.43. The van der Waals surface area contributed by atoms with Crippen molar-refractivity contribution >= 4 is 16.9 Å². The molecule has 2 aliphatic rings. The van der Waals surface area contributed by atoms with Gasteiger partial charge in [0.25, 0.3) is 0 Å². The van der Waals surface area contributed by atoms with Crippen LogP contribution in [-0.2, 0) is 6.42 Å². The fraction of sp³-hybridized carbons (Fsp3) is 0.318. The molecule has 27 heavy (non-hydrogen) atoms. The van der Waals surface area contributed by atoms with Crippen LogP contribution < -0.4 is 0 Å². The number of thiazole rings is 1. The summed E-state index contributed by atoms with van der Waals surface area (Å²) >= 11 is 1.70. The number of pyridine rings is 2. The molecule has 3 aromatic rings. The van der Waals surface area contributed by atoms with Gasteiger partial charge < -0.3 is 0 Å². The Morgan fingerprint density at radius 1 is 1.19 bits per heavy atom. The summed E-state index contributed by atoms with van der Waals surface area (Å²) in [5.41, 5.74) is 7.14. The van der Waals surface area contributed by atoms with Crippen LogP contribution in [0.2, 0.25) is 0 Å². The highest BCUT2D eigenvalue weighted by atomic mass is 32.1. The first-order valence-electron chi connectivity index (χ1n) is 9.48. The smallest absolute Gasteiger partial charge is 0.125 e. The highest BCUT2D eigenvalue weighted by Gasteiger charge is 2.29. The van der Waals surface area contributed by atoms with Crippen LogP contribution in [0.4, 0.5) is 0 Å². The van der Waals surface area contributed by atoms with Crippen LogP contribution in [0.15, 0.2) is 42.7 Å². The van der Waals surface area contributed by atoms with E-state index < -0.39 is 0 Å². The first kappa shape index (κ1) is 16.8. The minimum atomic E-state index is 0.596. The summed E-state index contributed by atoms with van der Waals surface area (Å²) in [6.45, 7) is 3.24. The monoisotopic (exact) mass is 374 g/mol. The van der Waals surface area contributed by atoms with Crippen LogP contribution in [0.5, 0.6) is 0 Å². The lowest BCUT2D eigenvalue weighted by Gasteiger charge is -2.19. The number of fused-ring (bicyclic) bond motifs is 1. The summed E-state index contributed by atoms with van der Waals surface area (Å²) < 4.78 is 0. The van der Waals surface area contributed by atoms with Gasteiger partial charge in [0.05, 0.1) is 22.0 Å². The predicted octanol–water partition coefficient (Wildman–Crippen LogP) is 4.61. The Labute approximate surface area is 163 Å². The van der Waals surface area contributed by atoms with Crippen LogP contribution in [0.25, 0.3) is 26.7 Å². The number of allylic oxidation sites excluding steroid dienone is 1. The molecule has 5 rings (SSSR count). The lowest BCUT2D eigenvalue weighted by atomic mass is 9.90. The Morgan fingerprint density at radius 2 is 2.07 bits per heavy atom. The number of hydrogen-bond acceptors (Lipinski definition) is 5. The van der Waals surface area contributed by atoms with E-state index in [1.165, 1.54) is 29.8 Å². The van der Waals surface area contributed by atoms with Crippen molar-refractivity contribution in [2.45, 2.75) is 32.2 Å². The molecular weight excluding hydrogens is 352 g/mol. The summed E-state index contributed by atoms with van der Waals surface area (Å²) in [5.74, 6) is 0. The number of rotatable bonds is 3. The lowest BCUT2D eigenvalue weighted by molar-refractivity contribution is 0.659. The zero-order chi connectivity index (χ0) is 18.4. The summed E-state index contributed by atoms with van der Waals surface area (Å²) in [7, 11) is 2.18. The van der Waals surface area contributed by atoms with Crippen LogP contribution in [0.3, 0.4) is 0 Å². The van der Waals surface area contributed by atoms with Crippen LogP contribution >= 0.6 is 11.3 Å².